The Hall–Kier alpha value is -3.73. The van der Waals surface area contributed by atoms with E-state index in [1.165, 1.54) is 18.2 Å². The number of benzene rings is 2. The van der Waals surface area contributed by atoms with Crippen LogP contribution in [0.1, 0.15) is 33.7 Å². The van der Waals surface area contributed by atoms with Crippen molar-refractivity contribution >= 4 is 5.91 Å². The molecule has 0 saturated heterocycles. The van der Waals surface area contributed by atoms with Crippen LogP contribution in [0.5, 0.6) is 5.75 Å². The Morgan fingerprint density at radius 1 is 1.21 bits per heavy atom. The molecule has 0 saturated carbocycles. The van der Waals surface area contributed by atoms with Crippen LogP contribution in [0.4, 0.5) is 22.0 Å². The van der Waals surface area contributed by atoms with E-state index in [9.17, 15) is 31.9 Å². The summed E-state index contributed by atoms with van der Waals surface area (Å²) in [6, 6.07) is 5.81. The first-order chi connectivity index (χ1) is 15.6. The summed E-state index contributed by atoms with van der Waals surface area (Å²) < 4.78 is 77.7. The molecule has 2 aromatic carbocycles. The number of aliphatic hydroxyl groups excluding tert-OH is 1. The number of primary amides is 1. The molecule has 33 heavy (non-hydrogen) atoms. The maximum Gasteiger partial charge on any atom is 0.416 e. The number of allylic oxidation sites excluding steroid dienone is 1. The Kier molecular flexibility index (Phi) is 6.82. The van der Waals surface area contributed by atoms with Crippen LogP contribution in [0.25, 0.3) is 11.3 Å². The van der Waals surface area contributed by atoms with Crippen molar-refractivity contribution in [3.8, 4) is 17.0 Å². The summed E-state index contributed by atoms with van der Waals surface area (Å²) in [6.07, 6.45) is -4.31. The number of amides is 1. The third-order valence-corrected chi connectivity index (χ3v) is 4.54. The Morgan fingerprint density at radius 2 is 1.88 bits per heavy atom. The van der Waals surface area contributed by atoms with Gasteiger partial charge in [-0.1, -0.05) is 18.2 Å². The van der Waals surface area contributed by atoms with Crippen LogP contribution >= 0.6 is 0 Å². The normalized spacial score (nSPS) is 12.4. The number of nitrogens with two attached hydrogens (primary N) is 1. The van der Waals surface area contributed by atoms with Crippen molar-refractivity contribution in [1.29, 1.82) is 0 Å². The monoisotopic (exact) mass is 468 g/mol. The summed E-state index contributed by atoms with van der Waals surface area (Å²) in [6.45, 7) is 2.82. The van der Waals surface area contributed by atoms with E-state index in [1.54, 1.807) is 0 Å². The highest BCUT2D eigenvalue weighted by Gasteiger charge is 2.31. The summed E-state index contributed by atoms with van der Waals surface area (Å²) in [5.41, 5.74) is 3.56. The molecular weight excluding hydrogens is 451 g/mol. The van der Waals surface area contributed by atoms with E-state index in [-0.39, 0.29) is 29.3 Å². The number of carbonyl (C=O) groups is 1. The molecule has 174 valence electrons. The fourth-order valence-corrected chi connectivity index (χ4v) is 2.99. The largest absolute Gasteiger partial charge is 0.475 e. The molecular formula is C22H17F5N2O4. The van der Waals surface area contributed by atoms with Crippen molar-refractivity contribution < 1.29 is 41.0 Å². The van der Waals surface area contributed by atoms with Gasteiger partial charge in [-0.15, -0.1) is 6.58 Å². The summed E-state index contributed by atoms with van der Waals surface area (Å²) in [5, 5.41) is 9.73. The van der Waals surface area contributed by atoms with E-state index in [2.05, 4.69) is 11.6 Å². The lowest BCUT2D eigenvalue weighted by atomic mass is 10.1. The molecule has 1 atom stereocenters. The first kappa shape index (κ1) is 23.9. The fourth-order valence-electron chi connectivity index (χ4n) is 2.99. The van der Waals surface area contributed by atoms with E-state index in [4.69, 9.17) is 14.9 Å². The minimum Gasteiger partial charge on any atom is -0.475 e. The van der Waals surface area contributed by atoms with Crippen LogP contribution in [0.2, 0.25) is 0 Å². The molecule has 1 unspecified atom stereocenters. The molecule has 0 spiro atoms. The van der Waals surface area contributed by atoms with Gasteiger partial charge in [0.05, 0.1) is 12.2 Å². The third kappa shape index (κ3) is 5.03. The van der Waals surface area contributed by atoms with Gasteiger partial charge >= 0.3 is 6.18 Å². The van der Waals surface area contributed by atoms with Crippen molar-refractivity contribution in [3.05, 3.63) is 83.5 Å². The minimum absolute atomic E-state index is 0.137. The van der Waals surface area contributed by atoms with Crippen LogP contribution < -0.4 is 10.5 Å². The second-order valence-corrected chi connectivity index (χ2v) is 6.78. The smallest absolute Gasteiger partial charge is 0.416 e. The van der Waals surface area contributed by atoms with E-state index < -0.39 is 53.3 Å². The van der Waals surface area contributed by atoms with E-state index in [0.717, 1.165) is 24.3 Å². The number of halogens is 5. The minimum atomic E-state index is -4.52. The lowest BCUT2D eigenvalue weighted by molar-refractivity contribution is -0.137. The van der Waals surface area contributed by atoms with Crippen LogP contribution in [0.3, 0.4) is 0 Å². The predicted molar refractivity (Wildman–Crippen MR) is 106 cm³/mol. The molecule has 0 aliphatic rings. The maximum absolute atomic E-state index is 14.5. The molecule has 1 amide bonds. The summed E-state index contributed by atoms with van der Waals surface area (Å²) in [5.74, 6) is -4.54. The van der Waals surface area contributed by atoms with Gasteiger partial charge in [0, 0.05) is 12.0 Å². The molecule has 0 aliphatic carbocycles. The Bertz CT molecular complexity index is 1170. The van der Waals surface area contributed by atoms with Gasteiger partial charge in [-0.25, -0.2) is 13.8 Å². The van der Waals surface area contributed by atoms with Crippen LogP contribution in [0, 0.1) is 11.6 Å². The predicted octanol–water partition coefficient (Wildman–Crippen LogP) is 4.58. The summed E-state index contributed by atoms with van der Waals surface area (Å²) in [4.78, 5) is 15.5. The molecule has 1 aromatic heterocycles. The lowest BCUT2D eigenvalue weighted by Gasteiger charge is -2.15. The van der Waals surface area contributed by atoms with Gasteiger partial charge < -0.3 is 20.0 Å². The SMILES string of the molecule is C=CCc1oc(C(CO)Oc2ccc(F)c(C(N)=O)c2F)nc1-c1ccc(C(F)(F)F)cc1. The average molecular weight is 468 g/mol. The van der Waals surface area contributed by atoms with Gasteiger partial charge in [0.2, 0.25) is 5.89 Å². The van der Waals surface area contributed by atoms with Crippen molar-refractivity contribution in [3.63, 3.8) is 0 Å². The molecule has 3 aromatic rings. The molecule has 0 radical (unpaired) electrons. The van der Waals surface area contributed by atoms with Gasteiger partial charge in [0.25, 0.3) is 5.91 Å². The number of alkyl halides is 3. The van der Waals surface area contributed by atoms with Crippen molar-refractivity contribution in [1.82, 2.24) is 4.98 Å². The fraction of sp³-hybridized carbons (Fsp3) is 0.182. The Balaban J connectivity index is 1.98. The molecule has 0 bridgehead atoms. The maximum atomic E-state index is 14.5. The summed E-state index contributed by atoms with van der Waals surface area (Å²) in [7, 11) is 0. The Labute approximate surface area is 184 Å². The van der Waals surface area contributed by atoms with Gasteiger partial charge in [0.15, 0.2) is 17.7 Å². The number of hydrogen-bond donors (Lipinski definition) is 2. The van der Waals surface area contributed by atoms with Crippen molar-refractivity contribution in [2.24, 2.45) is 5.73 Å². The van der Waals surface area contributed by atoms with Crippen LogP contribution in [-0.2, 0) is 12.6 Å². The molecule has 3 N–H and O–H groups in total. The highest BCUT2D eigenvalue weighted by molar-refractivity contribution is 5.93. The highest BCUT2D eigenvalue weighted by atomic mass is 19.4. The molecule has 0 aliphatic heterocycles. The first-order valence-corrected chi connectivity index (χ1v) is 9.40. The van der Waals surface area contributed by atoms with E-state index >= 15 is 0 Å². The standard InChI is InChI=1S/C22H17F5N2O4/c1-2-3-15-19(11-4-6-12(7-5-11)22(25,26)27)29-21(33-15)16(10-30)32-14-9-8-13(23)17(18(14)24)20(28)31/h2,4-9,16,30H,1,3,10H2,(H2,28,31). The van der Waals surface area contributed by atoms with Gasteiger partial charge in [-0.3, -0.25) is 4.79 Å². The quantitative estimate of drug-likeness (QED) is 0.373. The highest BCUT2D eigenvalue weighted by Crippen LogP contribution is 2.34. The first-order valence-electron chi connectivity index (χ1n) is 9.40. The second kappa shape index (κ2) is 9.41. The number of carbonyl (C=O) groups excluding carboxylic acids is 1. The molecule has 1 heterocycles. The number of rotatable bonds is 8. The molecule has 0 fully saturated rings. The van der Waals surface area contributed by atoms with E-state index in [1.807, 2.05) is 0 Å². The van der Waals surface area contributed by atoms with Gasteiger partial charge in [-0.2, -0.15) is 13.2 Å². The number of aliphatic hydroxyl groups is 1. The zero-order valence-corrected chi connectivity index (χ0v) is 16.8. The second-order valence-electron chi connectivity index (χ2n) is 6.78. The number of nitrogens with zero attached hydrogens (tertiary/aromatic N) is 1. The topological polar surface area (TPSA) is 98.6 Å². The Morgan fingerprint density at radius 3 is 2.42 bits per heavy atom. The van der Waals surface area contributed by atoms with Crippen molar-refractivity contribution in [2.45, 2.75) is 18.7 Å². The third-order valence-electron chi connectivity index (χ3n) is 4.54. The van der Waals surface area contributed by atoms with E-state index in [0.29, 0.717) is 0 Å². The zero-order chi connectivity index (χ0) is 24.3. The number of ether oxygens (including phenoxy) is 1. The molecule has 11 heteroatoms. The molecule has 3 rings (SSSR count). The van der Waals surface area contributed by atoms with Crippen LogP contribution in [0.15, 0.2) is 53.5 Å². The summed E-state index contributed by atoms with van der Waals surface area (Å²) >= 11 is 0. The zero-order valence-electron chi connectivity index (χ0n) is 16.8. The van der Waals surface area contributed by atoms with Gasteiger partial charge in [0.1, 0.15) is 22.8 Å². The van der Waals surface area contributed by atoms with Crippen LogP contribution in [-0.4, -0.2) is 22.6 Å². The number of aromatic nitrogens is 1. The number of hydrogen-bond acceptors (Lipinski definition) is 5. The van der Waals surface area contributed by atoms with Gasteiger partial charge in [-0.05, 0) is 24.3 Å². The van der Waals surface area contributed by atoms with Crippen molar-refractivity contribution in [2.75, 3.05) is 6.61 Å². The molecule has 6 nitrogen and oxygen atoms in total. The average Bonchev–Trinajstić information content (AvgIpc) is 3.16. The lowest BCUT2D eigenvalue weighted by Crippen LogP contribution is -2.18. The number of oxazole rings is 1.